The average Bonchev–Trinajstić information content (AvgIpc) is 3.17. The maximum absolute atomic E-state index is 12.0. The van der Waals surface area contributed by atoms with E-state index in [1.54, 1.807) is 24.3 Å². The molecule has 3 N–H and O–H groups in total. The summed E-state index contributed by atoms with van der Waals surface area (Å²) >= 11 is 6.47. The van der Waals surface area contributed by atoms with Crippen LogP contribution in [0.1, 0.15) is 10.4 Å². The van der Waals surface area contributed by atoms with Gasteiger partial charge in [-0.15, -0.1) is 11.3 Å². The van der Waals surface area contributed by atoms with Gasteiger partial charge >= 0.3 is 0 Å². The number of carbonyl (C=O) groups is 2. The first kappa shape index (κ1) is 20.4. The molecule has 0 spiro atoms. The van der Waals surface area contributed by atoms with Gasteiger partial charge in [0.2, 0.25) is 11.8 Å². The van der Waals surface area contributed by atoms with Gasteiger partial charge in [-0.2, -0.15) is 0 Å². The van der Waals surface area contributed by atoms with E-state index in [0.29, 0.717) is 17.1 Å². The SMILES string of the molecule is COc1cccc(OC)c1C=CC(=O)NC(=S)NNC(=O)Cc1cccs1. The number of rotatable bonds is 6. The summed E-state index contributed by atoms with van der Waals surface area (Å²) in [6, 6.07) is 9.04. The normalized spacial score (nSPS) is 10.3. The van der Waals surface area contributed by atoms with Crippen LogP contribution < -0.4 is 25.6 Å². The molecule has 0 aliphatic rings. The zero-order valence-electron chi connectivity index (χ0n) is 14.8. The second-order valence-electron chi connectivity index (χ2n) is 5.16. The van der Waals surface area contributed by atoms with Gasteiger partial charge in [-0.1, -0.05) is 12.1 Å². The largest absolute Gasteiger partial charge is 0.496 e. The Morgan fingerprint density at radius 3 is 2.41 bits per heavy atom. The Bertz CT molecular complexity index is 813. The number of hydrogen-bond acceptors (Lipinski definition) is 6. The molecule has 0 saturated heterocycles. The third-order valence-corrected chi connectivity index (χ3v) is 4.41. The highest BCUT2D eigenvalue weighted by molar-refractivity contribution is 7.80. The zero-order chi connectivity index (χ0) is 19.6. The summed E-state index contributed by atoms with van der Waals surface area (Å²) in [5.74, 6) is 0.413. The van der Waals surface area contributed by atoms with Crippen molar-refractivity contribution in [1.29, 1.82) is 0 Å². The first-order chi connectivity index (χ1) is 13.0. The Morgan fingerprint density at radius 2 is 1.81 bits per heavy atom. The number of benzene rings is 1. The number of nitrogens with one attached hydrogen (secondary N) is 3. The molecular weight excluding hydrogens is 386 g/mol. The van der Waals surface area contributed by atoms with Crippen molar-refractivity contribution in [2.75, 3.05) is 14.2 Å². The maximum atomic E-state index is 12.0. The molecule has 1 aromatic heterocycles. The van der Waals surface area contributed by atoms with Gasteiger partial charge in [-0.25, -0.2) is 0 Å². The maximum Gasteiger partial charge on any atom is 0.250 e. The van der Waals surface area contributed by atoms with E-state index in [9.17, 15) is 9.59 Å². The fourth-order valence-electron chi connectivity index (χ4n) is 2.13. The van der Waals surface area contributed by atoms with E-state index in [2.05, 4.69) is 16.2 Å². The van der Waals surface area contributed by atoms with Gasteiger partial charge in [0.05, 0.1) is 26.2 Å². The topological polar surface area (TPSA) is 88.7 Å². The highest BCUT2D eigenvalue weighted by Gasteiger charge is 2.08. The number of thiophene rings is 1. The van der Waals surface area contributed by atoms with Crippen molar-refractivity contribution in [3.05, 3.63) is 52.2 Å². The predicted molar refractivity (Wildman–Crippen MR) is 109 cm³/mol. The number of thiocarbonyl (C=S) groups is 1. The molecule has 0 radical (unpaired) electrons. The Labute approximate surface area is 166 Å². The molecule has 9 heteroatoms. The van der Waals surface area contributed by atoms with E-state index in [-0.39, 0.29) is 17.4 Å². The van der Waals surface area contributed by atoms with Gasteiger partial charge in [0, 0.05) is 11.0 Å². The van der Waals surface area contributed by atoms with Crippen LogP contribution in [0.15, 0.2) is 41.8 Å². The van der Waals surface area contributed by atoms with Crippen LogP contribution in [0.2, 0.25) is 0 Å². The third-order valence-electron chi connectivity index (χ3n) is 3.33. The molecule has 27 heavy (non-hydrogen) atoms. The minimum absolute atomic E-state index is 0.0174. The van der Waals surface area contributed by atoms with Crippen LogP contribution in [-0.4, -0.2) is 31.1 Å². The molecule has 2 amide bonds. The van der Waals surface area contributed by atoms with Crippen molar-refractivity contribution >= 4 is 46.6 Å². The van der Waals surface area contributed by atoms with Crippen LogP contribution in [0.4, 0.5) is 0 Å². The summed E-state index contributed by atoms with van der Waals surface area (Å²) in [4.78, 5) is 24.7. The molecule has 7 nitrogen and oxygen atoms in total. The summed E-state index contributed by atoms with van der Waals surface area (Å²) in [6.45, 7) is 0. The van der Waals surface area contributed by atoms with Crippen molar-refractivity contribution in [1.82, 2.24) is 16.2 Å². The molecule has 142 valence electrons. The first-order valence-corrected chi connectivity index (χ1v) is 9.13. The van der Waals surface area contributed by atoms with Gasteiger partial charge in [0.15, 0.2) is 5.11 Å². The van der Waals surface area contributed by atoms with E-state index in [0.717, 1.165) is 4.88 Å². The molecule has 0 fully saturated rings. The minimum atomic E-state index is -0.465. The Hall–Kier alpha value is -2.91. The highest BCUT2D eigenvalue weighted by atomic mass is 32.1. The molecule has 0 bridgehead atoms. The molecule has 1 heterocycles. The first-order valence-electron chi connectivity index (χ1n) is 7.84. The van der Waals surface area contributed by atoms with Gasteiger partial charge < -0.3 is 9.47 Å². The molecule has 2 rings (SSSR count). The highest BCUT2D eigenvalue weighted by Crippen LogP contribution is 2.29. The van der Waals surface area contributed by atoms with Crippen molar-refractivity contribution in [2.24, 2.45) is 0 Å². The quantitative estimate of drug-likeness (QED) is 0.387. The predicted octanol–water partition coefficient (Wildman–Crippen LogP) is 2.04. The van der Waals surface area contributed by atoms with Gasteiger partial charge in [0.1, 0.15) is 11.5 Å². The lowest BCUT2D eigenvalue weighted by Gasteiger charge is -2.10. The van der Waals surface area contributed by atoms with E-state index < -0.39 is 5.91 Å². The van der Waals surface area contributed by atoms with Crippen LogP contribution in [0.25, 0.3) is 6.08 Å². The standard InChI is InChI=1S/C18H19N3O4S2/c1-24-14-6-3-7-15(25-2)13(14)8-9-16(22)19-18(26)21-20-17(23)11-12-5-4-10-27-12/h3-10H,11H2,1-2H3,(H,20,23)(H2,19,21,22,26). The van der Waals surface area contributed by atoms with Crippen molar-refractivity contribution in [2.45, 2.75) is 6.42 Å². The molecule has 0 aliphatic heterocycles. The Kier molecular flexibility index (Phi) is 7.78. The fourth-order valence-corrected chi connectivity index (χ4v) is 2.99. The second-order valence-corrected chi connectivity index (χ2v) is 6.60. The lowest BCUT2D eigenvalue weighted by Crippen LogP contribution is -2.48. The van der Waals surface area contributed by atoms with E-state index >= 15 is 0 Å². The van der Waals surface area contributed by atoms with E-state index in [1.165, 1.54) is 31.6 Å². The van der Waals surface area contributed by atoms with Crippen LogP contribution >= 0.6 is 23.6 Å². The zero-order valence-corrected chi connectivity index (χ0v) is 16.4. The smallest absolute Gasteiger partial charge is 0.250 e. The van der Waals surface area contributed by atoms with Crippen molar-refractivity contribution < 1.29 is 19.1 Å². The number of carbonyl (C=O) groups excluding carboxylic acids is 2. The molecular formula is C18H19N3O4S2. The van der Waals surface area contributed by atoms with E-state index in [1.807, 2.05) is 17.5 Å². The van der Waals surface area contributed by atoms with Gasteiger partial charge in [0.25, 0.3) is 0 Å². The summed E-state index contributed by atoms with van der Waals surface area (Å²) < 4.78 is 10.5. The Morgan fingerprint density at radius 1 is 1.11 bits per heavy atom. The summed E-state index contributed by atoms with van der Waals surface area (Å²) in [7, 11) is 3.06. The number of ether oxygens (including phenoxy) is 2. The molecule has 0 saturated carbocycles. The van der Waals surface area contributed by atoms with Crippen molar-refractivity contribution in [3.8, 4) is 11.5 Å². The minimum Gasteiger partial charge on any atom is -0.496 e. The molecule has 0 aliphatic carbocycles. The van der Waals surface area contributed by atoms with E-state index in [4.69, 9.17) is 21.7 Å². The number of methoxy groups -OCH3 is 2. The van der Waals surface area contributed by atoms with Crippen LogP contribution in [-0.2, 0) is 16.0 Å². The number of amides is 2. The van der Waals surface area contributed by atoms with Crippen LogP contribution in [0.3, 0.4) is 0 Å². The number of hydrazine groups is 1. The lowest BCUT2D eigenvalue weighted by molar-refractivity contribution is -0.121. The average molecular weight is 406 g/mol. The summed E-state index contributed by atoms with van der Waals surface area (Å²) in [6.07, 6.45) is 3.08. The van der Waals surface area contributed by atoms with Gasteiger partial charge in [-0.3, -0.25) is 25.8 Å². The Balaban J connectivity index is 1.85. The van der Waals surface area contributed by atoms with Crippen LogP contribution in [0, 0.1) is 0 Å². The second kappa shape index (κ2) is 10.3. The third kappa shape index (κ3) is 6.39. The van der Waals surface area contributed by atoms with Gasteiger partial charge in [-0.05, 0) is 41.9 Å². The monoisotopic (exact) mass is 405 g/mol. The lowest BCUT2D eigenvalue weighted by atomic mass is 10.1. The number of hydrogen-bond donors (Lipinski definition) is 3. The van der Waals surface area contributed by atoms with Crippen molar-refractivity contribution in [3.63, 3.8) is 0 Å². The fraction of sp³-hybridized carbons (Fsp3) is 0.167. The van der Waals surface area contributed by atoms with Crippen LogP contribution in [0.5, 0.6) is 11.5 Å². The molecule has 2 aromatic rings. The molecule has 1 aromatic carbocycles. The summed E-state index contributed by atoms with van der Waals surface area (Å²) in [5, 5.41) is 4.32. The molecule has 0 atom stereocenters. The molecule has 0 unspecified atom stereocenters. The summed E-state index contributed by atoms with van der Waals surface area (Å²) in [5.41, 5.74) is 5.55.